The van der Waals surface area contributed by atoms with Crippen molar-refractivity contribution in [1.82, 2.24) is 4.90 Å². The lowest BCUT2D eigenvalue weighted by atomic mass is 10.0. The molecule has 1 aromatic rings. The van der Waals surface area contributed by atoms with Crippen molar-refractivity contribution in [3.8, 4) is 0 Å². The largest absolute Gasteiger partial charge is 0.478 e. The molecule has 24 heavy (non-hydrogen) atoms. The molecule has 0 saturated carbocycles. The van der Waals surface area contributed by atoms with Crippen LogP contribution >= 0.6 is 15.9 Å². The highest BCUT2D eigenvalue weighted by atomic mass is 79.9. The Hall–Kier alpha value is -1.93. The molecule has 2 aliphatic heterocycles. The Labute approximate surface area is 147 Å². The van der Waals surface area contributed by atoms with Gasteiger partial charge in [-0.25, -0.2) is 13.2 Å². The first-order chi connectivity index (χ1) is 11.2. The maximum absolute atomic E-state index is 12.9. The molecule has 3 rings (SSSR count). The first kappa shape index (κ1) is 16.9. The quantitative estimate of drug-likeness (QED) is 0.761. The number of carbonyl (C=O) groups excluding carboxylic acids is 1. The summed E-state index contributed by atoms with van der Waals surface area (Å²) in [7, 11) is -3.64. The van der Waals surface area contributed by atoms with Crippen LogP contribution in [0.2, 0.25) is 0 Å². The smallest absolute Gasteiger partial charge is 0.333 e. The highest BCUT2D eigenvalue weighted by molar-refractivity contribution is 9.10. The van der Waals surface area contributed by atoms with Crippen molar-refractivity contribution in [1.29, 1.82) is 0 Å². The van der Waals surface area contributed by atoms with E-state index in [0.29, 0.717) is 17.8 Å². The third-order valence-corrected chi connectivity index (χ3v) is 5.87. The molecule has 126 valence electrons. The third kappa shape index (κ3) is 2.80. The molecule has 0 saturated heterocycles. The van der Waals surface area contributed by atoms with Crippen LogP contribution in [-0.2, 0) is 14.6 Å². The Bertz CT molecular complexity index is 899. The van der Waals surface area contributed by atoms with Crippen molar-refractivity contribution in [3.63, 3.8) is 0 Å². The maximum Gasteiger partial charge on any atom is 0.333 e. The van der Waals surface area contributed by atoms with Crippen molar-refractivity contribution in [2.24, 2.45) is 0 Å². The fourth-order valence-corrected chi connectivity index (χ4v) is 4.26. The van der Waals surface area contributed by atoms with Crippen molar-refractivity contribution in [2.45, 2.75) is 12.5 Å². The van der Waals surface area contributed by atoms with Crippen LogP contribution in [0.5, 0.6) is 0 Å². The van der Waals surface area contributed by atoms with Gasteiger partial charge < -0.3 is 10.0 Å². The summed E-state index contributed by atoms with van der Waals surface area (Å²) in [6, 6.07) is 5.63. The fraction of sp³-hybridized carbons (Fsp3) is 0.250. The number of carboxylic acids is 1. The summed E-state index contributed by atoms with van der Waals surface area (Å²) >= 11 is 3.29. The number of halogens is 1. The minimum absolute atomic E-state index is 0.0520. The van der Waals surface area contributed by atoms with Gasteiger partial charge in [0.15, 0.2) is 15.6 Å². The van der Waals surface area contributed by atoms with Crippen LogP contribution in [0.15, 0.2) is 51.0 Å². The van der Waals surface area contributed by atoms with Gasteiger partial charge in [-0.2, -0.15) is 0 Å². The van der Waals surface area contributed by atoms with Crippen molar-refractivity contribution >= 4 is 37.5 Å². The number of hydrogen-bond donors (Lipinski definition) is 1. The highest BCUT2D eigenvalue weighted by Crippen LogP contribution is 2.38. The van der Waals surface area contributed by atoms with Gasteiger partial charge in [0.2, 0.25) is 0 Å². The lowest BCUT2D eigenvalue weighted by Gasteiger charge is -2.25. The molecular weight excluding hydrogens is 398 g/mol. The predicted octanol–water partition coefficient (Wildman–Crippen LogP) is 1.99. The van der Waals surface area contributed by atoms with E-state index < -0.39 is 21.8 Å². The second-order valence-electron chi connectivity index (χ2n) is 5.70. The first-order valence-corrected chi connectivity index (χ1v) is 9.83. The molecule has 1 N–H and O–H groups in total. The Kier molecular flexibility index (Phi) is 4.13. The van der Waals surface area contributed by atoms with Gasteiger partial charge in [-0.05, 0) is 24.6 Å². The number of carbonyl (C=O) groups is 2. The van der Waals surface area contributed by atoms with E-state index in [9.17, 15) is 23.1 Å². The lowest BCUT2D eigenvalue weighted by Crippen LogP contribution is -2.38. The summed E-state index contributed by atoms with van der Waals surface area (Å²) in [5, 5.41) is 9.27. The summed E-state index contributed by atoms with van der Waals surface area (Å²) in [5.41, 5.74) is 0.836. The summed E-state index contributed by atoms with van der Waals surface area (Å²) in [6.07, 6.45) is 2.64. The number of Topliss-reactive ketones (excluding diaryl/α,β-unsaturated/α-hetero) is 1. The molecule has 2 aliphatic rings. The van der Waals surface area contributed by atoms with E-state index in [0.717, 1.165) is 10.7 Å². The van der Waals surface area contributed by atoms with E-state index in [2.05, 4.69) is 15.9 Å². The summed E-state index contributed by atoms with van der Waals surface area (Å²) in [5.74, 6) is -1.45. The van der Waals surface area contributed by atoms with E-state index in [4.69, 9.17) is 0 Å². The second-order valence-corrected chi connectivity index (χ2v) is 8.64. The standard InChI is InChI=1S/C16H14BrNO5S/c1-24(22,23)13-8-12-11(16(20)21)6-7-18(12)14(13)15(19)9-2-4-10(17)5-3-9/h2-5,8,14H,6-7H2,1H3,(H,20,21). The van der Waals surface area contributed by atoms with E-state index in [1.54, 1.807) is 29.2 Å². The maximum atomic E-state index is 12.9. The molecule has 0 fully saturated rings. The molecular formula is C16H14BrNO5S. The van der Waals surface area contributed by atoms with E-state index in [1.807, 2.05) is 0 Å². The van der Waals surface area contributed by atoms with Crippen molar-refractivity contribution in [2.75, 3.05) is 12.8 Å². The van der Waals surface area contributed by atoms with E-state index >= 15 is 0 Å². The fourth-order valence-electron chi connectivity index (χ4n) is 3.03. The SMILES string of the molecule is CS(=O)(=O)C1=CC2=C(C(=O)O)CCN2C1C(=O)c1ccc(Br)cc1. The number of ketones is 1. The summed E-state index contributed by atoms with van der Waals surface area (Å²) in [4.78, 5) is 25.8. The molecule has 0 amide bonds. The number of hydrogen-bond acceptors (Lipinski definition) is 5. The van der Waals surface area contributed by atoms with Crippen LogP contribution < -0.4 is 0 Å². The number of sulfone groups is 1. The van der Waals surface area contributed by atoms with Crippen LogP contribution in [0.4, 0.5) is 0 Å². The Morgan fingerprint density at radius 3 is 2.42 bits per heavy atom. The number of allylic oxidation sites excluding steroid dienone is 1. The van der Waals surface area contributed by atoms with Crippen molar-refractivity contribution < 1.29 is 23.1 Å². The van der Waals surface area contributed by atoms with E-state index in [-0.39, 0.29) is 22.7 Å². The van der Waals surface area contributed by atoms with Gasteiger partial charge in [-0.15, -0.1) is 0 Å². The Morgan fingerprint density at radius 2 is 1.88 bits per heavy atom. The van der Waals surface area contributed by atoms with Crippen LogP contribution in [-0.4, -0.2) is 49.0 Å². The molecule has 2 heterocycles. The number of nitrogens with zero attached hydrogens (tertiary/aromatic N) is 1. The van der Waals surface area contributed by atoms with E-state index in [1.165, 1.54) is 6.08 Å². The highest BCUT2D eigenvalue weighted by Gasteiger charge is 2.44. The molecule has 0 bridgehead atoms. The monoisotopic (exact) mass is 411 g/mol. The number of fused-ring (bicyclic) bond motifs is 1. The average Bonchev–Trinajstić information content (AvgIpc) is 3.05. The third-order valence-electron chi connectivity index (χ3n) is 4.14. The lowest BCUT2D eigenvalue weighted by molar-refractivity contribution is -0.132. The van der Waals surface area contributed by atoms with Crippen LogP contribution in [0.3, 0.4) is 0 Å². The molecule has 0 aliphatic carbocycles. The van der Waals surface area contributed by atoms with Gasteiger partial charge in [0.1, 0.15) is 6.04 Å². The van der Waals surface area contributed by atoms with Crippen LogP contribution in [0, 0.1) is 0 Å². The molecule has 0 spiro atoms. The van der Waals surface area contributed by atoms with Crippen LogP contribution in [0.1, 0.15) is 16.8 Å². The molecule has 1 unspecified atom stereocenters. The van der Waals surface area contributed by atoms with Gasteiger partial charge >= 0.3 is 5.97 Å². The number of aliphatic carboxylic acids is 1. The van der Waals surface area contributed by atoms with Gasteiger partial charge in [0.25, 0.3) is 0 Å². The van der Waals surface area contributed by atoms with Gasteiger partial charge in [0, 0.05) is 28.5 Å². The number of benzene rings is 1. The summed E-state index contributed by atoms with van der Waals surface area (Å²) in [6.45, 7) is 0.305. The van der Waals surface area contributed by atoms with Gasteiger partial charge in [-0.3, -0.25) is 4.79 Å². The molecule has 6 nitrogen and oxygen atoms in total. The molecule has 0 radical (unpaired) electrons. The zero-order valence-electron chi connectivity index (χ0n) is 12.7. The topological polar surface area (TPSA) is 91.8 Å². The number of rotatable bonds is 4. The summed E-state index contributed by atoms with van der Waals surface area (Å²) < 4.78 is 25.0. The zero-order valence-corrected chi connectivity index (χ0v) is 15.1. The minimum atomic E-state index is -3.64. The molecule has 1 aromatic carbocycles. The Balaban J connectivity index is 2.10. The predicted molar refractivity (Wildman–Crippen MR) is 91.2 cm³/mol. The second kappa shape index (κ2) is 5.86. The molecule has 0 aromatic heterocycles. The first-order valence-electron chi connectivity index (χ1n) is 7.14. The molecule has 8 heteroatoms. The van der Waals surface area contributed by atoms with Crippen molar-refractivity contribution in [3.05, 3.63) is 56.6 Å². The minimum Gasteiger partial charge on any atom is -0.478 e. The van der Waals surface area contributed by atoms with Crippen LogP contribution in [0.25, 0.3) is 0 Å². The van der Waals surface area contributed by atoms with Gasteiger partial charge in [-0.1, -0.05) is 28.1 Å². The number of carboxylic acid groups (broad SMARTS) is 1. The van der Waals surface area contributed by atoms with Gasteiger partial charge in [0.05, 0.1) is 10.5 Å². The average molecular weight is 412 g/mol. The zero-order chi connectivity index (χ0) is 17.6. The molecule has 1 atom stereocenters. The normalized spacial score (nSPS) is 20.2. The Morgan fingerprint density at radius 1 is 1.25 bits per heavy atom.